The van der Waals surface area contributed by atoms with Crippen molar-refractivity contribution < 1.29 is 13.9 Å². The highest BCUT2D eigenvalue weighted by molar-refractivity contribution is 5.80. The number of halogens is 1. The van der Waals surface area contributed by atoms with E-state index in [-0.39, 0.29) is 18.0 Å². The maximum absolute atomic E-state index is 13.6. The summed E-state index contributed by atoms with van der Waals surface area (Å²) in [4.78, 5) is 17.7. The van der Waals surface area contributed by atoms with Gasteiger partial charge in [-0.05, 0) is 43.9 Å². The summed E-state index contributed by atoms with van der Waals surface area (Å²) in [5.41, 5.74) is 1.50. The Bertz CT molecular complexity index is 613. The first-order valence-electron chi connectivity index (χ1n) is 8.67. The van der Waals surface area contributed by atoms with Crippen LogP contribution in [0, 0.1) is 12.7 Å². The minimum absolute atomic E-state index is 0.200. The summed E-state index contributed by atoms with van der Waals surface area (Å²) in [7, 11) is 1.71. The monoisotopic (exact) mass is 350 g/mol. The molecule has 2 N–H and O–H groups in total. The smallest absolute Gasteiger partial charge is 0.409 e. The van der Waals surface area contributed by atoms with Crippen LogP contribution in [0.3, 0.4) is 0 Å². The molecule has 2 rings (SSSR count). The molecule has 1 heterocycles. The van der Waals surface area contributed by atoms with Crippen LogP contribution in [0.2, 0.25) is 0 Å². The molecule has 1 saturated heterocycles. The van der Waals surface area contributed by atoms with Crippen LogP contribution in [0.5, 0.6) is 0 Å². The van der Waals surface area contributed by atoms with Gasteiger partial charge in [0.2, 0.25) is 0 Å². The van der Waals surface area contributed by atoms with Crippen LogP contribution in [0.1, 0.15) is 30.9 Å². The largest absolute Gasteiger partial charge is 0.450 e. The number of likely N-dealkylation sites (tertiary alicyclic amines) is 1. The van der Waals surface area contributed by atoms with Crippen LogP contribution in [-0.2, 0) is 11.3 Å². The van der Waals surface area contributed by atoms with Gasteiger partial charge in [0.05, 0.1) is 6.61 Å². The first-order chi connectivity index (χ1) is 12.0. The van der Waals surface area contributed by atoms with E-state index in [4.69, 9.17) is 4.74 Å². The first-order valence-corrected chi connectivity index (χ1v) is 8.67. The van der Waals surface area contributed by atoms with Gasteiger partial charge in [0.25, 0.3) is 0 Å². The van der Waals surface area contributed by atoms with Crippen molar-refractivity contribution in [2.75, 3.05) is 26.7 Å². The van der Waals surface area contributed by atoms with Gasteiger partial charge in [-0.1, -0.05) is 12.1 Å². The average molecular weight is 350 g/mol. The second kappa shape index (κ2) is 9.25. The lowest BCUT2D eigenvalue weighted by Gasteiger charge is -2.32. The van der Waals surface area contributed by atoms with Gasteiger partial charge >= 0.3 is 6.09 Å². The molecule has 1 aliphatic heterocycles. The predicted molar refractivity (Wildman–Crippen MR) is 96.1 cm³/mol. The number of hydrogen-bond acceptors (Lipinski definition) is 3. The SMILES string of the molecule is CCOC(=O)N1CCC(NC(=NC)NCc2ccc(C)c(F)c2)CC1. The van der Waals surface area contributed by atoms with Gasteiger partial charge in [0, 0.05) is 32.7 Å². The molecule has 0 radical (unpaired) electrons. The highest BCUT2D eigenvalue weighted by atomic mass is 19.1. The molecular formula is C18H27FN4O2. The zero-order chi connectivity index (χ0) is 18.2. The van der Waals surface area contributed by atoms with Crippen molar-refractivity contribution in [1.82, 2.24) is 15.5 Å². The van der Waals surface area contributed by atoms with Gasteiger partial charge in [0.1, 0.15) is 5.82 Å². The molecule has 6 nitrogen and oxygen atoms in total. The first kappa shape index (κ1) is 19.0. The molecule has 0 bridgehead atoms. The highest BCUT2D eigenvalue weighted by Gasteiger charge is 2.23. The van der Waals surface area contributed by atoms with E-state index in [0.29, 0.717) is 37.8 Å². The Morgan fingerprint density at radius 2 is 2.12 bits per heavy atom. The predicted octanol–water partition coefficient (Wildman–Crippen LogP) is 2.42. The zero-order valence-electron chi connectivity index (χ0n) is 15.1. The summed E-state index contributed by atoms with van der Waals surface area (Å²) >= 11 is 0. The standard InChI is InChI=1S/C18H27FN4O2/c1-4-25-18(24)23-9-7-15(8-10-23)22-17(20-3)21-12-14-6-5-13(2)16(19)11-14/h5-6,11,15H,4,7-10,12H2,1-3H3,(H2,20,21,22). The Hall–Kier alpha value is -2.31. The van der Waals surface area contributed by atoms with Gasteiger partial charge in [0.15, 0.2) is 5.96 Å². The fourth-order valence-corrected chi connectivity index (χ4v) is 2.74. The maximum atomic E-state index is 13.6. The number of nitrogens with zero attached hydrogens (tertiary/aromatic N) is 2. The molecular weight excluding hydrogens is 323 g/mol. The Balaban J connectivity index is 1.79. The van der Waals surface area contributed by atoms with Crippen LogP contribution in [-0.4, -0.2) is 49.7 Å². The number of aryl methyl sites for hydroxylation is 1. The van der Waals surface area contributed by atoms with E-state index in [2.05, 4.69) is 15.6 Å². The van der Waals surface area contributed by atoms with Crippen LogP contribution in [0.15, 0.2) is 23.2 Å². The van der Waals surface area contributed by atoms with Crippen LogP contribution in [0.25, 0.3) is 0 Å². The van der Waals surface area contributed by atoms with E-state index in [1.165, 1.54) is 6.07 Å². The van der Waals surface area contributed by atoms with Gasteiger partial charge in [-0.2, -0.15) is 0 Å². The summed E-state index contributed by atoms with van der Waals surface area (Å²) < 4.78 is 18.6. The minimum atomic E-state index is -0.246. The maximum Gasteiger partial charge on any atom is 0.409 e. The highest BCUT2D eigenvalue weighted by Crippen LogP contribution is 2.12. The lowest BCUT2D eigenvalue weighted by atomic mass is 10.1. The third-order valence-electron chi connectivity index (χ3n) is 4.28. The zero-order valence-corrected chi connectivity index (χ0v) is 15.1. The summed E-state index contributed by atoms with van der Waals surface area (Å²) in [5, 5.41) is 6.56. The van der Waals surface area contributed by atoms with Crippen LogP contribution >= 0.6 is 0 Å². The number of benzene rings is 1. The van der Waals surface area contributed by atoms with Crippen LogP contribution < -0.4 is 10.6 Å². The molecule has 0 atom stereocenters. The molecule has 7 heteroatoms. The molecule has 0 aliphatic carbocycles. The summed E-state index contributed by atoms with van der Waals surface area (Å²) in [5.74, 6) is 0.476. The van der Waals surface area contributed by atoms with Crippen molar-refractivity contribution >= 4 is 12.1 Å². The summed E-state index contributed by atoms with van der Waals surface area (Å²) in [6, 6.07) is 5.45. The number of rotatable bonds is 4. The van der Waals surface area contributed by atoms with E-state index in [1.807, 2.05) is 13.0 Å². The fourth-order valence-electron chi connectivity index (χ4n) is 2.74. The molecule has 0 unspecified atom stereocenters. The topological polar surface area (TPSA) is 66.0 Å². The van der Waals surface area contributed by atoms with Gasteiger partial charge in [-0.25, -0.2) is 9.18 Å². The van der Waals surface area contributed by atoms with Gasteiger partial charge < -0.3 is 20.3 Å². The Kier molecular flexibility index (Phi) is 7.03. The Morgan fingerprint density at radius 1 is 1.40 bits per heavy atom. The number of carbonyl (C=O) groups excluding carboxylic acids is 1. The molecule has 0 aromatic heterocycles. The second-order valence-electron chi connectivity index (χ2n) is 6.11. The normalized spacial score (nSPS) is 15.8. The second-order valence-corrected chi connectivity index (χ2v) is 6.11. The Morgan fingerprint density at radius 3 is 2.72 bits per heavy atom. The van der Waals surface area contributed by atoms with E-state index in [9.17, 15) is 9.18 Å². The number of piperidine rings is 1. The molecule has 25 heavy (non-hydrogen) atoms. The van der Waals surface area contributed by atoms with Gasteiger partial charge in [-0.3, -0.25) is 4.99 Å². The summed E-state index contributed by atoms with van der Waals surface area (Å²) in [6.07, 6.45) is 1.42. The van der Waals surface area contributed by atoms with Crippen molar-refractivity contribution in [1.29, 1.82) is 0 Å². The van der Waals surface area contributed by atoms with Gasteiger partial charge in [-0.15, -0.1) is 0 Å². The van der Waals surface area contributed by atoms with E-state index in [1.54, 1.807) is 24.9 Å². The molecule has 0 spiro atoms. The fraction of sp³-hybridized carbons (Fsp3) is 0.556. The van der Waals surface area contributed by atoms with Crippen molar-refractivity contribution in [3.05, 3.63) is 35.1 Å². The van der Waals surface area contributed by atoms with Crippen molar-refractivity contribution in [2.45, 2.75) is 39.3 Å². The third-order valence-corrected chi connectivity index (χ3v) is 4.28. The number of hydrogen-bond donors (Lipinski definition) is 2. The number of guanidine groups is 1. The third kappa shape index (κ3) is 5.62. The quantitative estimate of drug-likeness (QED) is 0.647. The van der Waals surface area contributed by atoms with Crippen molar-refractivity contribution in [3.8, 4) is 0 Å². The molecule has 1 fully saturated rings. The lowest BCUT2D eigenvalue weighted by molar-refractivity contribution is 0.0963. The number of aliphatic imine (C=N–C) groups is 1. The van der Waals surface area contributed by atoms with Crippen molar-refractivity contribution in [3.63, 3.8) is 0 Å². The number of nitrogens with one attached hydrogen (secondary N) is 2. The number of ether oxygens (including phenoxy) is 1. The van der Waals surface area contributed by atoms with E-state index >= 15 is 0 Å². The molecule has 1 aromatic carbocycles. The lowest BCUT2D eigenvalue weighted by Crippen LogP contribution is -2.49. The molecule has 1 aliphatic rings. The molecule has 1 amide bonds. The van der Waals surface area contributed by atoms with E-state index in [0.717, 1.165) is 18.4 Å². The summed E-state index contributed by atoms with van der Waals surface area (Å²) in [6.45, 7) is 5.77. The number of amides is 1. The minimum Gasteiger partial charge on any atom is -0.450 e. The molecule has 0 saturated carbocycles. The van der Waals surface area contributed by atoms with Crippen molar-refractivity contribution in [2.24, 2.45) is 4.99 Å². The Labute approximate surface area is 148 Å². The number of carbonyl (C=O) groups is 1. The molecule has 1 aromatic rings. The molecule has 138 valence electrons. The van der Waals surface area contributed by atoms with Crippen LogP contribution in [0.4, 0.5) is 9.18 Å². The average Bonchev–Trinajstić information content (AvgIpc) is 2.62. The van der Waals surface area contributed by atoms with E-state index < -0.39 is 0 Å².